The van der Waals surface area contributed by atoms with Crippen molar-refractivity contribution >= 4 is 0 Å². The standard InChI is InChI=1S/C15H29NO/c1-11(2)12-4-3-5-14(9-8-12)16-10-15(17)13-6-7-13/h11-17H,3-10H2,1-2H3. The molecule has 0 saturated heterocycles. The molecule has 2 rings (SSSR count). The molecule has 2 saturated carbocycles. The lowest BCUT2D eigenvalue weighted by Crippen LogP contribution is -2.36. The molecule has 2 aliphatic carbocycles. The van der Waals surface area contributed by atoms with Gasteiger partial charge in [0, 0.05) is 12.6 Å². The van der Waals surface area contributed by atoms with E-state index in [1.807, 2.05) is 0 Å². The van der Waals surface area contributed by atoms with E-state index in [4.69, 9.17) is 0 Å². The highest BCUT2D eigenvalue weighted by molar-refractivity contribution is 4.84. The zero-order chi connectivity index (χ0) is 12.3. The van der Waals surface area contributed by atoms with E-state index in [9.17, 15) is 5.11 Å². The van der Waals surface area contributed by atoms with Crippen LogP contribution in [0.5, 0.6) is 0 Å². The minimum Gasteiger partial charge on any atom is -0.392 e. The van der Waals surface area contributed by atoms with Crippen molar-refractivity contribution in [3.05, 3.63) is 0 Å². The second kappa shape index (κ2) is 6.19. The van der Waals surface area contributed by atoms with Gasteiger partial charge in [-0.05, 0) is 49.9 Å². The highest BCUT2D eigenvalue weighted by Crippen LogP contribution is 2.33. The normalized spacial score (nSPS) is 32.5. The second-order valence-corrected chi connectivity index (χ2v) is 6.52. The predicted octanol–water partition coefficient (Wildman–Crippen LogP) is 2.95. The summed E-state index contributed by atoms with van der Waals surface area (Å²) in [6.45, 7) is 5.53. The number of hydrogen-bond donors (Lipinski definition) is 2. The molecular weight excluding hydrogens is 210 g/mol. The maximum absolute atomic E-state index is 9.87. The van der Waals surface area contributed by atoms with Crippen LogP contribution in [0.4, 0.5) is 0 Å². The Bertz CT molecular complexity index is 225. The van der Waals surface area contributed by atoms with Gasteiger partial charge in [-0.3, -0.25) is 0 Å². The van der Waals surface area contributed by atoms with Crippen LogP contribution in [0.25, 0.3) is 0 Å². The molecule has 0 aromatic carbocycles. The van der Waals surface area contributed by atoms with Gasteiger partial charge in [0.1, 0.15) is 0 Å². The first-order chi connectivity index (χ1) is 8.16. The maximum atomic E-state index is 9.87. The van der Waals surface area contributed by atoms with Crippen LogP contribution < -0.4 is 5.32 Å². The molecule has 0 aromatic heterocycles. The molecule has 0 aliphatic heterocycles. The van der Waals surface area contributed by atoms with Crippen molar-refractivity contribution in [3.8, 4) is 0 Å². The molecule has 0 amide bonds. The lowest BCUT2D eigenvalue weighted by Gasteiger charge is -2.20. The Labute approximate surface area is 106 Å². The van der Waals surface area contributed by atoms with E-state index < -0.39 is 0 Å². The molecule has 100 valence electrons. The van der Waals surface area contributed by atoms with Crippen molar-refractivity contribution in [3.63, 3.8) is 0 Å². The monoisotopic (exact) mass is 239 g/mol. The smallest absolute Gasteiger partial charge is 0.0692 e. The van der Waals surface area contributed by atoms with Gasteiger partial charge in [-0.25, -0.2) is 0 Å². The summed E-state index contributed by atoms with van der Waals surface area (Å²) in [5.41, 5.74) is 0. The van der Waals surface area contributed by atoms with Gasteiger partial charge < -0.3 is 10.4 Å². The highest BCUT2D eigenvalue weighted by atomic mass is 16.3. The van der Waals surface area contributed by atoms with Crippen LogP contribution in [0.1, 0.15) is 58.8 Å². The fraction of sp³-hybridized carbons (Fsp3) is 1.00. The lowest BCUT2D eigenvalue weighted by molar-refractivity contribution is 0.143. The Hall–Kier alpha value is -0.0800. The molecule has 0 bridgehead atoms. The van der Waals surface area contributed by atoms with Crippen LogP contribution in [-0.2, 0) is 0 Å². The Morgan fingerprint density at radius 2 is 1.71 bits per heavy atom. The van der Waals surface area contributed by atoms with Crippen molar-refractivity contribution in [2.24, 2.45) is 17.8 Å². The first kappa shape index (κ1) is 13.4. The molecule has 2 nitrogen and oxygen atoms in total. The molecule has 0 radical (unpaired) electrons. The molecule has 0 heterocycles. The zero-order valence-electron chi connectivity index (χ0n) is 11.5. The number of hydrogen-bond acceptors (Lipinski definition) is 2. The lowest BCUT2D eigenvalue weighted by atomic mass is 9.89. The number of rotatable bonds is 5. The van der Waals surface area contributed by atoms with E-state index in [-0.39, 0.29) is 6.10 Å². The zero-order valence-corrected chi connectivity index (χ0v) is 11.5. The van der Waals surface area contributed by atoms with Crippen LogP contribution in [0.15, 0.2) is 0 Å². The summed E-state index contributed by atoms with van der Waals surface area (Å²) in [5, 5.41) is 13.5. The average molecular weight is 239 g/mol. The molecule has 2 aliphatic rings. The van der Waals surface area contributed by atoms with Gasteiger partial charge in [-0.2, -0.15) is 0 Å². The van der Waals surface area contributed by atoms with Crippen molar-refractivity contribution in [2.45, 2.75) is 70.9 Å². The second-order valence-electron chi connectivity index (χ2n) is 6.52. The third kappa shape index (κ3) is 4.26. The Morgan fingerprint density at radius 1 is 1.00 bits per heavy atom. The fourth-order valence-corrected chi connectivity index (χ4v) is 3.14. The molecule has 3 atom stereocenters. The molecule has 0 aromatic rings. The van der Waals surface area contributed by atoms with E-state index in [1.165, 1.54) is 44.9 Å². The maximum Gasteiger partial charge on any atom is 0.0692 e. The van der Waals surface area contributed by atoms with Crippen molar-refractivity contribution in [1.29, 1.82) is 0 Å². The third-order valence-electron chi connectivity index (χ3n) is 4.74. The first-order valence-corrected chi connectivity index (χ1v) is 7.58. The van der Waals surface area contributed by atoms with Crippen molar-refractivity contribution in [2.75, 3.05) is 6.54 Å². The van der Waals surface area contributed by atoms with Gasteiger partial charge in [0.25, 0.3) is 0 Å². The van der Waals surface area contributed by atoms with E-state index in [1.54, 1.807) is 0 Å². The van der Waals surface area contributed by atoms with Crippen LogP contribution in [0.2, 0.25) is 0 Å². The summed E-state index contributed by atoms with van der Waals surface area (Å²) >= 11 is 0. The van der Waals surface area contributed by atoms with Crippen LogP contribution in [0.3, 0.4) is 0 Å². The Balaban J connectivity index is 1.67. The molecule has 0 spiro atoms. The highest BCUT2D eigenvalue weighted by Gasteiger charge is 2.30. The van der Waals surface area contributed by atoms with E-state index in [0.29, 0.717) is 12.0 Å². The SMILES string of the molecule is CC(C)C1CCCC(NCC(O)C2CC2)CC1. The van der Waals surface area contributed by atoms with E-state index in [0.717, 1.165) is 18.4 Å². The molecule has 2 heteroatoms. The summed E-state index contributed by atoms with van der Waals surface area (Å²) in [5.74, 6) is 2.37. The quantitative estimate of drug-likeness (QED) is 0.723. The van der Waals surface area contributed by atoms with E-state index in [2.05, 4.69) is 19.2 Å². The topological polar surface area (TPSA) is 32.3 Å². The van der Waals surface area contributed by atoms with Crippen molar-refractivity contribution in [1.82, 2.24) is 5.32 Å². The van der Waals surface area contributed by atoms with Gasteiger partial charge in [0.05, 0.1) is 6.10 Å². The molecule has 2 fully saturated rings. The van der Waals surface area contributed by atoms with Crippen LogP contribution >= 0.6 is 0 Å². The van der Waals surface area contributed by atoms with Gasteiger partial charge in [0.15, 0.2) is 0 Å². The van der Waals surface area contributed by atoms with Crippen LogP contribution in [0, 0.1) is 17.8 Å². The third-order valence-corrected chi connectivity index (χ3v) is 4.74. The van der Waals surface area contributed by atoms with Gasteiger partial charge in [-0.1, -0.05) is 26.7 Å². The predicted molar refractivity (Wildman–Crippen MR) is 71.9 cm³/mol. The number of aliphatic hydroxyl groups is 1. The Kier molecular flexibility index (Phi) is 4.87. The summed E-state index contributed by atoms with van der Waals surface area (Å²) in [6.07, 6.45) is 9.14. The molecule has 2 N–H and O–H groups in total. The number of nitrogens with one attached hydrogen (secondary N) is 1. The minimum absolute atomic E-state index is 0.0841. The van der Waals surface area contributed by atoms with Crippen LogP contribution in [-0.4, -0.2) is 23.8 Å². The summed E-state index contributed by atoms with van der Waals surface area (Å²) in [6, 6.07) is 0.659. The van der Waals surface area contributed by atoms with Gasteiger partial charge in [-0.15, -0.1) is 0 Å². The number of aliphatic hydroxyl groups excluding tert-OH is 1. The van der Waals surface area contributed by atoms with E-state index >= 15 is 0 Å². The van der Waals surface area contributed by atoms with Gasteiger partial charge in [0.2, 0.25) is 0 Å². The molecule has 17 heavy (non-hydrogen) atoms. The van der Waals surface area contributed by atoms with Crippen molar-refractivity contribution < 1.29 is 5.11 Å². The minimum atomic E-state index is -0.0841. The average Bonchev–Trinajstić information content (AvgIpc) is 3.12. The Morgan fingerprint density at radius 3 is 2.35 bits per heavy atom. The summed E-state index contributed by atoms with van der Waals surface area (Å²) in [4.78, 5) is 0. The van der Waals surface area contributed by atoms with Gasteiger partial charge >= 0.3 is 0 Å². The molecular formula is C15H29NO. The summed E-state index contributed by atoms with van der Waals surface area (Å²) in [7, 11) is 0. The summed E-state index contributed by atoms with van der Waals surface area (Å²) < 4.78 is 0. The largest absolute Gasteiger partial charge is 0.392 e. The first-order valence-electron chi connectivity index (χ1n) is 7.58. The molecule has 3 unspecified atom stereocenters. The fourth-order valence-electron chi connectivity index (χ4n) is 3.14.